The molecular weight excluding hydrogens is 123 g/mol. The summed E-state index contributed by atoms with van der Waals surface area (Å²) < 4.78 is 4.11. The third-order valence-corrected chi connectivity index (χ3v) is 0.667. The van der Waals surface area contributed by atoms with Crippen LogP contribution < -0.4 is 0 Å². The van der Waals surface area contributed by atoms with Gasteiger partial charge in [-0.15, -0.1) is 0 Å². The van der Waals surface area contributed by atoms with Crippen molar-refractivity contribution in [3.63, 3.8) is 0 Å². The highest BCUT2D eigenvalue weighted by molar-refractivity contribution is 7.35. The van der Waals surface area contributed by atoms with Crippen molar-refractivity contribution in [2.45, 2.75) is 0 Å². The minimum absolute atomic E-state index is 0.514. The lowest BCUT2D eigenvalue weighted by molar-refractivity contribution is 0.232. The van der Waals surface area contributed by atoms with E-state index in [1.165, 1.54) is 7.06 Å². The van der Waals surface area contributed by atoms with E-state index < -0.39 is 5.87 Å². The zero-order chi connectivity index (χ0) is 6.41. The summed E-state index contributed by atoms with van der Waals surface area (Å²) in [5.74, 6) is -0.514. The van der Waals surface area contributed by atoms with Crippen LogP contribution in [-0.2, 0) is 4.52 Å². The second kappa shape index (κ2) is 5.20. The van der Waals surface area contributed by atoms with Crippen molar-refractivity contribution in [1.29, 1.82) is 0 Å². The Labute approximate surface area is 52.2 Å². The smallest absolute Gasteiger partial charge is 0.236 e. The average Bonchev–Trinajstić information content (AvgIpc) is 1.83. The predicted molar refractivity (Wildman–Crippen MR) is 35.7 cm³/mol. The van der Waals surface area contributed by atoms with Gasteiger partial charge in [0.25, 0.3) is 0 Å². The molecule has 0 aliphatic carbocycles. The first-order valence-corrected chi connectivity index (χ1v) is 2.33. The van der Waals surface area contributed by atoms with Crippen LogP contribution in [0.2, 0.25) is 0 Å². The predicted octanol–water partition coefficient (Wildman–Crippen LogP) is -1.24. The fourth-order valence-corrected chi connectivity index (χ4v) is 0.239. The van der Waals surface area contributed by atoms with Gasteiger partial charge in [-0.3, -0.25) is 4.79 Å². The van der Waals surface area contributed by atoms with E-state index in [9.17, 15) is 4.79 Å². The van der Waals surface area contributed by atoms with Gasteiger partial charge in [-0.05, 0) is 0 Å². The molecule has 1 atom stereocenters. The van der Waals surface area contributed by atoms with Gasteiger partial charge in [-0.2, -0.15) is 0 Å². The van der Waals surface area contributed by atoms with Crippen molar-refractivity contribution >= 4 is 36.9 Å². The van der Waals surface area contributed by atoms with Crippen molar-refractivity contribution in [1.82, 2.24) is 0 Å². The molecule has 0 aromatic rings. The zero-order valence-electron chi connectivity index (χ0n) is 4.07. The number of rotatable bonds is 3. The van der Waals surface area contributed by atoms with Crippen molar-refractivity contribution in [3.05, 3.63) is 0 Å². The molecule has 1 unspecified atom stereocenters. The molecule has 0 rings (SSSR count). The molecule has 0 aromatic heterocycles. The average molecular weight is 126 g/mol. The number of hydrogen-bond donors (Lipinski definition) is 1. The maximum Gasteiger partial charge on any atom is 0.236 e. The zero-order valence-corrected chi connectivity index (χ0v) is 5.23. The van der Waals surface area contributed by atoms with Crippen molar-refractivity contribution in [3.8, 4) is 0 Å². The summed E-state index contributed by atoms with van der Waals surface area (Å²) in [6.07, 6.45) is 0. The minimum Gasteiger partial charge on any atom is -0.466 e. The third-order valence-electron chi connectivity index (χ3n) is 0.435. The van der Waals surface area contributed by atoms with Crippen LogP contribution in [0.25, 0.3) is 0 Å². The Kier molecular flexibility index (Phi) is 5.23. The van der Waals surface area contributed by atoms with Gasteiger partial charge >= 0.3 is 0 Å². The van der Waals surface area contributed by atoms with Crippen LogP contribution in [0.1, 0.15) is 0 Å². The van der Waals surface area contributed by atoms with Gasteiger partial charge in [0, 0.05) is 0 Å². The monoisotopic (exact) mass is 127 g/mol. The molecule has 0 heterocycles. The Morgan fingerprint density at radius 1 is 1.75 bits per heavy atom. The van der Waals surface area contributed by atoms with Crippen molar-refractivity contribution < 1.29 is 14.3 Å². The van der Waals surface area contributed by atoms with E-state index in [4.69, 9.17) is 5.02 Å². The lowest BCUT2D eigenvalue weighted by Crippen LogP contribution is -2.19. The van der Waals surface area contributed by atoms with E-state index in [0.29, 0.717) is 0 Å². The Balaban J connectivity index is 2.99. The Morgan fingerprint density at radius 3 is 2.75 bits per heavy atom. The van der Waals surface area contributed by atoms with E-state index in [0.717, 1.165) is 14.5 Å². The van der Waals surface area contributed by atoms with Crippen LogP contribution in [0.5, 0.6) is 0 Å². The Morgan fingerprint density at radius 2 is 2.38 bits per heavy atom. The Bertz CT molecular complexity index is 76.9. The van der Waals surface area contributed by atoms with Crippen molar-refractivity contribution in [2.24, 2.45) is 0 Å². The molecule has 0 bridgehead atoms. The first-order valence-electron chi connectivity index (χ1n) is 1.86. The van der Waals surface area contributed by atoms with E-state index in [1.807, 2.05) is 0 Å². The van der Waals surface area contributed by atoms with Crippen LogP contribution in [0.15, 0.2) is 0 Å². The standard InChI is InChI=1S/CH3B3O3P/c5-1(7-8)2-3-4-6/h6H,8H2. The molecule has 0 spiro atoms. The SMILES string of the molecule is O=C([B][B][B]O)OP. The number of carbonyl (C=O) groups excluding carboxylic acids is 1. The fraction of sp³-hybridized carbons (Fsp3) is 0. The summed E-state index contributed by atoms with van der Waals surface area (Å²) in [7, 11) is 4.81. The normalized spacial score (nSPS) is 7.25. The molecule has 0 fully saturated rings. The highest BCUT2D eigenvalue weighted by Gasteiger charge is 2.01. The van der Waals surface area contributed by atoms with E-state index in [2.05, 4.69) is 4.52 Å². The first-order chi connectivity index (χ1) is 3.81. The molecule has 3 radical (unpaired) electrons. The summed E-state index contributed by atoms with van der Waals surface area (Å²) in [6, 6.07) is 0. The fourth-order valence-electron chi connectivity index (χ4n) is 0.161. The highest BCUT2D eigenvalue weighted by atomic mass is 31.0. The molecule has 0 saturated heterocycles. The molecule has 7 heteroatoms. The van der Waals surface area contributed by atoms with E-state index in [-0.39, 0.29) is 0 Å². The van der Waals surface area contributed by atoms with Crippen LogP contribution in [0.3, 0.4) is 0 Å². The van der Waals surface area contributed by atoms with Crippen LogP contribution in [-0.4, -0.2) is 32.5 Å². The van der Waals surface area contributed by atoms with Crippen LogP contribution >= 0.6 is 9.47 Å². The van der Waals surface area contributed by atoms with Gasteiger partial charge in [0.15, 0.2) is 0 Å². The quantitative estimate of drug-likeness (QED) is 0.380. The largest absolute Gasteiger partial charge is 0.466 e. The molecule has 0 amide bonds. The van der Waals surface area contributed by atoms with Gasteiger partial charge in [0.1, 0.15) is 0 Å². The summed E-state index contributed by atoms with van der Waals surface area (Å²) in [6.45, 7) is 0. The van der Waals surface area contributed by atoms with E-state index >= 15 is 0 Å². The minimum atomic E-state index is -0.514. The summed E-state index contributed by atoms with van der Waals surface area (Å²) in [4.78, 5) is 10.1. The van der Waals surface area contributed by atoms with Gasteiger partial charge < -0.3 is 9.55 Å². The maximum atomic E-state index is 10.1. The van der Waals surface area contributed by atoms with Gasteiger partial charge in [-0.1, -0.05) is 0 Å². The molecule has 1 N–H and O–H groups in total. The second-order valence-electron chi connectivity index (χ2n) is 0.945. The molecule has 39 valence electrons. The summed E-state index contributed by atoms with van der Waals surface area (Å²) in [5, 5.41) is 7.98. The highest BCUT2D eigenvalue weighted by Crippen LogP contribution is 1.84. The second-order valence-corrected chi connectivity index (χ2v) is 1.18. The maximum absolute atomic E-state index is 10.1. The third kappa shape index (κ3) is 4.22. The molecular formula is CH3B3O3P. The molecule has 8 heavy (non-hydrogen) atoms. The van der Waals surface area contributed by atoms with Crippen LogP contribution in [0.4, 0.5) is 4.79 Å². The lowest BCUT2D eigenvalue weighted by Gasteiger charge is -1.90. The van der Waals surface area contributed by atoms with Crippen molar-refractivity contribution in [2.75, 3.05) is 0 Å². The molecule has 0 aliphatic heterocycles. The van der Waals surface area contributed by atoms with Gasteiger partial charge in [0.05, 0.1) is 16.5 Å². The van der Waals surface area contributed by atoms with E-state index in [1.54, 1.807) is 9.47 Å². The van der Waals surface area contributed by atoms with Crippen LogP contribution in [0, 0.1) is 0 Å². The molecule has 0 aliphatic rings. The molecule has 0 saturated carbocycles. The molecule has 3 nitrogen and oxygen atoms in total. The Hall–Kier alpha value is 0.0548. The number of carbonyl (C=O) groups is 1. The topological polar surface area (TPSA) is 46.5 Å². The van der Waals surface area contributed by atoms with Gasteiger partial charge in [-0.25, -0.2) is 0 Å². The molecule has 0 aromatic carbocycles. The summed E-state index contributed by atoms with van der Waals surface area (Å²) >= 11 is 0. The number of hydrogen-bond acceptors (Lipinski definition) is 3. The summed E-state index contributed by atoms with van der Waals surface area (Å²) in [5.41, 5.74) is 0. The lowest BCUT2D eigenvalue weighted by atomic mass is 9.25. The van der Waals surface area contributed by atoms with Gasteiger partial charge in [0.2, 0.25) is 20.4 Å². The first kappa shape index (κ1) is 8.05.